The molecule has 3 N–H and O–H groups in total. The number of carboxylic acid groups (broad SMARTS) is 3. The maximum Gasteiger partial charge on any atom is 0.407 e. The topological polar surface area (TPSA) is 151 Å². The van der Waals surface area contributed by atoms with E-state index < -0.39 is 24.2 Å². The van der Waals surface area contributed by atoms with Crippen molar-refractivity contribution in [1.29, 1.82) is 0 Å². The molecule has 0 spiro atoms. The molecule has 0 saturated carbocycles. The highest BCUT2D eigenvalue weighted by molar-refractivity contribution is 5.71. The van der Waals surface area contributed by atoms with Crippen molar-refractivity contribution < 1.29 is 39.2 Å². The van der Waals surface area contributed by atoms with E-state index in [2.05, 4.69) is 0 Å². The molecule has 0 aromatic rings. The predicted molar refractivity (Wildman–Crippen MR) is 91.9 cm³/mol. The van der Waals surface area contributed by atoms with Gasteiger partial charge in [-0.25, -0.2) is 14.4 Å². The quantitative estimate of drug-likeness (QED) is 0.557. The first-order valence-electron chi connectivity index (χ1n) is 8.56. The number of carbonyl (C=O) groups excluding carboxylic acids is 1. The number of hydrogen-bond acceptors (Lipinski definition) is 6. The van der Waals surface area contributed by atoms with Gasteiger partial charge in [-0.15, -0.1) is 0 Å². The summed E-state index contributed by atoms with van der Waals surface area (Å²) in [4.78, 5) is 50.6. The van der Waals surface area contributed by atoms with Crippen LogP contribution in [0.15, 0.2) is 0 Å². The van der Waals surface area contributed by atoms with Crippen molar-refractivity contribution in [3.8, 4) is 0 Å². The van der Waals surface area contributed by atoms with Gasteiger partial charge in [-0.1, -0.05) is 0 Å². The number of hydrogen-bond donors (Lipinski definition) is 3. The van der Waals surface area contributed by atoms with E-state index in [-0.39, 0.29) is 65.5 Å². The molecule has 12 nitrogen and oxygen atoms in total. The fraction of sp³-hybridized carbons (Fsp3) is 0.733. The van der Waals surface area contributed by atoms with Crippen LogP contribution in [0.3, 0.4) is 0 Å². The second-order valence-electron chi connectivity index (χ2n) is 5.89. The van der Waals surface area contributed by atoms with Crippen LogP contribution in [0, 0.1) is 0 Å². The van der Waals surface area contributed by atoms with Crippen LogP contribution in [0.2, 0.25) is 0 Å². The molecule has 1 aliphatic heterocycles. The second kappa shape index (κ2) is 11.1. The molecule has 1 saturated heterocycles. The van der Waals surface area contributed by atoms with Crippen LogP contribution in [0.4, 0.5) is 14.4 Å². The van der Waals surface area contributed by atoms with Crippen molar-refractivity contribution in [2.75, 3.05) is 65.5 Å². The van der Waals surface area contributed by atoms with E-state index in [0.29, 0.717) is 0 Å². The van der Waals surface area contributed by atoms with E-state index in [0.717, 1.165) is 14.7 Å². The predicted octanol–water partition coefficient (Wildman–Crippen LogP) is -0.195. The Bertz CT molecular complexity index is 514. The fourth-order valence-electron chi connectivity index (χ4n) is 2.58. The molecule has 1 fully saturated rings. The van der Waals surface area contributed by atoms with Gasteiger partial charge in [-0.2, -0.15) is 0 Å². The summed E-state index contributed by atoms with van der Waals surface area (Å²) >= 11 is 0. The molecule has 1 rings (SSSR count). The molecule has 27 heavy (non-hydrogen) atoms. The lowest BCUT2D eigenvalue weighted by molar-refractivity contribution is -0.144. The summed E-state index contributed by atoms with van der Waals surface area (Å²) in [5.41, 5.74) is 0. The van der Waals surface area contributed by atoms with Gasteiger partial charge in [0.05, 0.1) is 13.2 Å². The SMILES string of the molecule is CCOC(=O)CN1CCN(C(=O)O)CCN(C(=O)O)CCN(C(=O)O)CC1. The Balaban J connectivity index is 2.90. The highest BCUT2D eigenvalue weighted by atomic mass is 16.5. The highest BCUT2D eigenvalue weighted by Crippen LogP contribution is 2.02. The van der Waals surface area contributed by atoms with Crippen LogP contribution in [0.1, 0.15) is 6.92 Å². The molecule has 1 aliphatic rings. The highest BCUT2D eigenvalue weighted by Gasteiger charge is 2.23. The monoisotopic (exact) mass is 390 g/mol. The summed E-state index contributed by atoms with van der Waals surface area (Å²) in [5, 5.41) is 27.8. The summed E-state index contributed by atoms with van der Waals surface area (Å²) in [7, 11) is 0. The van der Waals surface area contributed by atoms with Crippen molar-refractivity contribution in [2.24, 2.45) is 0 Å². The maximum absolute atomic E-state index is 11.7. The van der Waals surface area contributed by atoms with Crippen LogP contribution >= 0.6 is 0 Å². The van der Waals surface area contributed by atoms with Gasteiger partial charge in [0.1, 0.15) is 0 Å². The lowest BCUT2D eigenvalue weighted by Crippen LogP contribution is -2.49. The lowest BCUT2D eigenvalue weighted by Gasteiger charge is -2.31. The number of esters is 1. The second-order valence-corrected chi connectivity index (χ2v) is 5.89. The molecule has 0 aromatic carbocycles. The van der Waals surface area contributed by atoms with Gasteiger partial charge in [0.15, 0.2) is 0 Å². The van der Waals surface area contributed by atoms with Crippen molar-refractivity contribution >= 4 is 24.2 Å². The molecule has 0 radical (unpaired) electrons. The zero-order chi connectivity index (χ0) is 20.4. The van der Waals surface area contributed by atoms with E-state index in [9.17, 15) is 34.5 Å². The number of nitrogens with zero attached hydrogens (tertiary/aromatic N) is 4. The molecule has 0 aromatic heterocycles. The van der Waals surface area contributed by atoms with E-state index in [1.54, 1.807) is 11.8 Å². The van der Waals surface area contributed by atoms with E-state index in [4.69, 9.17) is 4.74 Å². The first kappa shape index (κ1) is 22.3. The molecule has 0 atom stereocenters. The van der Waals surface area contributed by atoms with Gasteiger partial charge in [0.2, 0.25) is 0 Å². The summed E-state index contributed by atoms with van der Waals surface area (Å²) in [6.07, 6.45) is -3.63. The van der Waals surface area contributed by atoms with Gasteiger partial charge in [0.25, 0.3) is 0 Å². The van der Waals surface area contributed by atoms with Crippen molar-refractivity contribution in [2.45, 2.75) is 6.92 Å². The third kappa shape index (κ3) is 7.98. The first-order valence-corrected chi connectivity index (χ1v) is 8.56. The van der Waals surface area contributed by atoms with Crippen molar-refractivity contribution in [1.82, 2.24) is 19.6 Å². The largest absolute Gasteiger partial charge is 0.465 e. The molecule has 0 unspecified atom stereocenters. The molecule has 0 aliphatic carbocycles. The van der Waals surface area contributed by atoms with Crippen LogP contribution < -0.4 is 0 Å². The number of carbonyl (C=O) groups is 4. The van der Waals surface area contributed by atoms with E-state index in [1.165, 1.54) is 0 Å². The van der Waals surface area contributed by atoms with Crippen molar-refractivity contribution in [3.05, 3.63) is 0 Å². The smallest absolute Gasteiger partial charge is 0.407 e. The summed E-state index contributed by atoms with van der Waals surface area (Å²) in [6.45, 7) is 2.00. The summed E-state index contributed by atoms with van der Waals surface area (Å²) < 4.78 is 4.89. The van der Waals surface area contributed by atoms with Gasteiger partial charge >= 0.3 is 24.2 Å². The maximum atomic E-state index is 11.7. The minimum Gasteiger partial charge on any atom is -0.465 e. The standard InChI is InChI=1S/C15H26N4O8/c1-2-27-12(20)11-16-3-5-17(13(21)22)7-9-19(15(25)26)10-8-18(6-4-16)14(23)24/h2-11H2,1H3,(H,21,22)(H,23,24)(H,25,26). The fourth-order valence-corrected chi connectivity index (χ4v) is 2.58. The van der Waals surface area contributed by atoms with Crippen LogP contribution in [-0.2, 0) is 9.53 Å². The Morgan fingerprint density at radius 3 is 1.33 bits per heavy atom. The Hall–Kier alpha value is -2.76. The summed E-state index contributed by atoms with van der Waals surface area (Å²) in [5.74, 6) is -0.481. The Kier molecular flexibility index (Phi) is 9.13. The third-order valence-electron chi connectivity index (χ3n) is 4.12. The molecule has 154 valence electrons. The zero-order valence-electron chi connectivity index (χ0n) is 15.2. The zero-order valence-corrected chi connectivity index (χ0v) is 15.2. The van der Waals surface area contributed by atoms with Gasteiger partial charge < -0.3 is 34.8 Å². The molecule has 1 heterocycles. The Morgan fingerprint density at radius 2 is 1.04 bits per heavy atom. The average molecular weight is 390 g/mol. The molecule has 3 amide bonds. The Labute approximate surface area is 156 Å². The number of amides is 3. The van der Waals surface area contributed by atoms with Crippen LogP contribution in [-0.4, -0.2) is 125 Å². The van der Waals surface area contributed by atoms with Gasteiger partial charge in [-0.3, -0.25) is 9.69 Å². The first-order chi connectivity index (χ1) is 12.7. The lowest BCUT2D eigenvalue weighted by atomic mass is 10.3. The van der Waals surface area contributed by atoms with Gasteiger partial charge in [0, 0.05) is 52.4 Å². The molecule has 12 heteroatoms. The normalized spacial score (nSPS) is 17.6. The van der Waals surface area contributed by atoms with E-state index in [1.807, 2.05) is 0 Å². The number of rotatable bonds is 3. The van der Waals surface area contributed by atoms with Crippen molar-refractivity contribution in [3.63, 3.8) is 0 Å². The number of ether oxygens (including phenoxy) is 1. The third-order valence-corrected chi connectivity index (χ3v) is 4.12. The minimum atomic E-state index is -1.24. The molecular weight excluding hydrogens is 364 g/mol. The minimum absolute atomic E-state index is 0.0509. The van der Waals surface area contributed by atoms with Crippen LogP contribution in [0.25, 0.3) is 0 Å². The van der Waals surface area contributed by atoms with Gasteiger partial charge in [-0.05, 0) is 6.92 Å². The summed E-state index contributed by atoms with van der Waals surface area (Å²) in [6, 6.07) is 0. The van der Waals surface area contributed by atoms with Crippen LogP contribution in [0.5, 0.6) is 0 Å². The Morgan fingerprint density at radius 1 is 0.704 bits per heavy atom. The molecule has 0 bridgehead atoms. The van der Waals surface area contributed by atoms with E-state index >= 15 is 0 Å². The molecular formula is C15H26N4O8. The average Bonchev–Trinajstić information content (AvgIpc) is 2.56.